The van der Waals surface area contributed by atoms with Crippen LogP contribution in [0.2, 0.25) is 0 Å². The van der Waals surface area contributed by atoms with Gasteiger partial charge in [0.15, 0.2) is 5.78 Å². The smallest absolute Gasteiger partial charge is 0.155 e. The van der Waals surface area contributed by atoms with E-state index in [1.807, 2.05) is 13.0 Å². The molecule has 0 aliphatic heterocycles. The lowest BCUT2D eigenvalue weighted by molar-refractivity contribution is -0.143. The lowest BCUT2D eigenvalue weighted by atomic mass is 9.43. The van der Waals surface area contributed by atoms with E-state index in [0.29, 0.717) is 35.0 Å². The summed E-state index contributed by atoms with van der Waals surface area (Å²) in [5, 5.41) is 11.8. The summed E-state index contributed by atoms with van der Waals surface area (Å²) in [5.74, 6) is 2.08. The molecule has 6 atom stereocenters. The zero-order valence-electron chi connectivity index (χ0n) is 15.1. The van der Waals surface area contributed by atoms with Gasteiger partial charge in [-0.2, -0.15) is 0 Å². The van der Waals surface area contributed by atoms with Crippen LogP contribution in [0.15, 0.2) is 22.8 Å². The van der Waals surface area contributed by atoms with Crippen molar-refractivity contribution in [2.75, 3.05) is 0 Å². The minimum atomic E-state index is -0.915. The molecule has 0 heterocycles. The average Bonchev–Trinajstić information content (AvgIpc) is 2.52. The van der Waals surface area contributed by atoms with Crippen LogP contribution in [-0.4, -0.2) is 16.5 Å². The fraction of sp³-hybridized carbons (Fsp3) is 0.762. The molecule has 3 heteroatoms. The summed E-state index contributed by atoms with van der Waals surface area (Å²) in [6, 6.07) is 0. The zero-order chi connectivity index (χ0) is 17.3. The molecule has 0 amide bonds. The molecule has 0 aromatic carbocycles. The largest absolute Gasteiger partial charge is 0.384 e. The van der Waals surface area contributed by atoms with Gasteiger partial charge in [-0.25, -0.2) is 0 Å². The Morgan fingerprint density at radius 2 is 1.88 bits per heavy atom. The highest BCUT2D eigenvalue weighted by Gasteiger charge is 2.61. The molecule has 4 rings (SSSR count). The summed E-state index contributed by atoms with van der Waals surface area (Å²) < 4.78 is 0. The third-order valence-electron chi connectivity index (χ3n) is 8.48. The minimum Gasteiger partial charge on any atom is -0.384 e. The van der Waals surface area contributed by atoms with E-state index in [1.54, 1.807) is 0 Å². The zero-order valence-corrected chi connectivity index (χ0v) is 15.8. The van der Waals surface area contributed by atoms with Crippen molar-refractivity contribution in [3.8, 4) is 0 Å². The summed E-state index contributed by atoms with van der Waals surface area (Å²) in [6.45, 7) is 6.56. The molecule has 0 radical (unpaired) electrons. The predicted molar refractivity (Wildman–Crippen MR) is 96.7 cm³/mol. The molecule has 24 heavy (non-hydrogen) atoms. The van der Waals surface area contributed by atoms with Crippen LogP contribution in [0.4, 0.5) is 0 Å². The van der Waals surface area contributed by atoms with Gasteiger partial charge in [0.2, 0.25) is 0 Å². The van der Waals surface area contributed by atoms with Crippen molar-refractivity contribution in [2.24, 2.45) is 28.6 Å². The SMILES string of the molecule is CC1(O)C(Cl)=CC[C@H]2[C@@H]3CCC4=CC(=O)CC[C@]4(C)[C@H]3CC[C@@]21C. The van der Waals surface area contributed by atoms with Gasteiger partial charge in [0.05, 0.1) is 0 Å². The second-order valence-electron chi connectivity index (χ2n) is 9.28. The highest BCUT2D eigenvalue weighted by Crippen LogP contribution is 2.66. The molecule has 2 fully saturated rings. The quantitative estimate of drug-likeness (QED) is 0.668. The molecule has 1 unspecified atom stereocenters. The maximum Gasteiger partial charge on any atom is 0.155 e. The van der Waals surface area contributed by atoms with E-state index < -0.39 is 5.60 Å². The standard InChI is InChI=1S/C21H29ClO2/c1-19-10-8-14(23)12-13(19)4-5-15-16(19)9-11-20(2)17(15)6-7-18(22)21(20,3)24/h7,12,15-17,24H,4-6,8-11H2,1-3H3/t15-,16+,17+,19+,20+,21?/m1/s1. The molecule has 0 aromatic rings. The molecular weight excluding hydrogens is 320 g/mol. The Morgan fingerprint density at radius 3 is 2.62 bits per heavy atom. The van der Waals surface area contributed by atoms with E-state index in [2.05, 4.69) is 19.9 Å². The molecule has 4 aliphatic carbocycles. The summed E-state index contributed by atoms with van der Waals surface area (Å²) in [4.78, 5) is 11.9. The highest BCUT2D eigenvalue weighted by molar-refractivity contribution is 6.30. The molecule has 2 saturated carbocycles. The van der Waals surface area contributed by atoms with Crippen molar-refractivity contribution in [3.05, 3.63) is 22.8 Å². The topological polar surface area (TPSA) is 37.3 Å². The highest BCUT2D eigenvalue weighted by atomic mass is 35.5. The van der Waals surface area contributed by atoms with Crippen molar-refractivity contribution in [1.82, 2.24) is 0 Å². The number of carbonyl (C=O) groups is 1. The Balaban J connectivity index is 1.73. The molecule has 1 N–H and O–H groups in total. The number of allylic oxidation sites excluding steroid dienone is 3. The Hall–Kier alpha value is -0.600. The molecular formula is C21H29ClO2. The number of ketones is 1. The number of aliphatic hydroxyl groups is 1. The fourth-order valence-electron chi connectivity index (χ4n) is 6.62. The molecule has 0 saturated heterocycles. The number of hydrogen-bond donors (Lipinski definition) is 1. The monoisotopic (exact) mass is 348 g/mol. The van der Waals surface area contributed by atoms with Gasteiger partial charge in [-0.3, -0.25) is 4.79 Å². The van der Waals surface area contributed by atoms with E-state index >= 15 is 0 Å². The summed E-state index contributed by atoms with van der Waals surface area (Å²) in [6.07, 6.45) is 11.1. The number of halogens is 1. The summed E-state index contributed by atoms with van der Waals surface area (Å²) >= 11 is 6.41. The second kappa shape index (κ2) is 5.20. The molecule has 2 nitrogen and oxygen atoms in total. The Morgan fingerprint density at radius 1 is 1.12 bits per heavy atom. The number of fused-ring (bicyclic) bond motifs is 5. The fourth-order valence-corrected chi connectivity index (χ4v) is 6.93. The Kier molecular flexibility index (Phi) is 3.65. The third kappa shape index (κ3) is 2.02. The lowest BCUT2D eigenvalue weighted by Crippen LogP contribution is -2.59. The van der Waals surface area contributed by atoms with Crippen LogP contribution >= 0.6 is 11.6 Å². The van der Waals surface area contributed by atoms with Crippen LogP contribution in [0.5, 0.6) is 0 Å². The van der Waals surface area contributed by atoms with Crippen LogP contribution in [0.3, 0.4) is 0 Å². The van der Waals surface area contributed by atoms with Crippen molar-refractivity contribution in [2.45, 2.75) is 71.3 Å². The van der Waals surface area contributed by atoms with Gasteiger partial charge in [-0.15, -0.1) is 0 Å². The van der Waals surface area contributed by atoms with Crippen LogP contribution in [0.1, 0.15) is 65.7 Å². The first kappa shape index (κ1) is 16.8. The molecule has 0 bridgehead atoms. The third-order valence-corrected chi connectivity index (χ3v) is 9.00. The van der Waals surface area contributed by atoms with Crippen LogP contribution < -0.4 is 0 Å². The van der Waals surface area contributed by atoms with E-state index in [0.717, 1.165) is 38.5 Å². The van der Waals surface area contributed by atoms with Gasteiger partial charge in [-0.1, -0.05) is 37.1 Å². The molecule has 0 aromatic heterocycles. The average molecular weight is 349 g/mol. The van der Waals surface area contributed by atoms with Crippen LogP contribution in [0.25, 0.3) is 0 Å². The maximum atomic E-state index is 11.9. The lowest BCUT2D eigenvalue weighted by Gasteiger charge is -2.62. The predicted octanol–water partition coefficient (Wildman–Crippen LogP) is 5.00. The van der Waals surface area contributed by atoms with E-state index in [-0.39, 0.29) is 10.8 Å². The second-order valence-corrected chi connectivity index (χ2v) is 9.69. The number of hydrogen-bond acceptors (Lipinski definition) is 2. The van der Waals surface area contributed by atoms with Gasteiger partial charge < -0.3 is 5.11 Å². The maximum absolute atomic E-state index is 11.9. The van der Waals surface area contributed by atoms with Crippen LogP contribution in [-0.2, 0) is 4.79 Å². The first-order valence-electron chi connectivity index (χ1n) is 9.52. The van der Waals surface area contributed by atoms with Gasteiger partial charge in [0, 0.05) is 16.9 Å². The first-order valence-corrected chi connectivity index (χ1v) is 9.90. The summed E-state index contributed by atoms with van der Waals surface area (Å²) in [7, 11) is 0. The van der Waals surface area contributed by atoms with Crippen LogP contribution in [0, 0.1) is 28.6 Å². The van der Waals surface area contributed by atoms with Crippen molar-refractivity contribution in [3.63, 3.8) is 0 Å². The van der Waals surface area contributed by atoms with Gasteiger partial charge >= 0.3 is 0 Å². The van der Waals surface area contributed by atoms with Gasteiger partial charge in [0.25, 0.3) is 0 Å². The normalized spacial score (nSPS) is 51.0. The minimum absolute atomic E-state index is 0.137. The first-order chi connectivity index (χ1) is 11.2. The van der Waals surface area contributed by atoms with Gasteiger partial charge in [-0.05, 0) is 74.7 Å². The van der Waals surface area contributed by atoms with Crippen molar-refractivity contribution < 1.29 is 9.90 Å². The molecule has 132 valence electrons. The summed E-state index contributed by atoms with van der Waals surface area (Å²) in [5.41, 5.74) is 0.540. The van der Waals surface area contributed by atoms with Crippen molar-refractivity contribution >= 4 is 17.4 Å². The number of rotatable bonds is 0. The van der Waals surface area contributed by atoms with E-state index in [9.17, 15) is 9.90 Å². The van der Waals surface area contributed by atoms with Gasteiger partial charge in [0.1, 0.15) is 5.60 Å². The molecule has 0 spiro atoms. The van der Waals surface area contributed by atoms with Crippen molar-refractivity contribution in [1.29, 1.82) is 0 Å². The Bertz CT molecular complexity index is 646. The van der Waals surface area contributed by atoms with E-state index in [1.165, 1.54) is 5.57 Å². The van der Waals surface area contributed by atoms with E-state index in [4.69, 9.17) is 11.6 Å². The molecule has 4 aliphatic rings. The number of carbonyl (C=O) groups excluding carboxylic acids is 1. The Labute approximate surface area is 150 Å².